The van der Waals surface area contributed by atoms with E-state index in [-0.39, 0.29) is 5.69 Å². The Morgan fingerprint density at radius 3 is 2.74 bits per heavy atom. The molecule has 0 amide bonds. The van der Waals surface area contributed by atoms with E-state index in [4.69, 9.17) is 4.74 Å². The van der Waals surface area contributed by atoms with Crippen molar-refractivity contribution in [1.29, 1.82) is 0 Å². The van der Waals surface area contributed by atoms with Crippen LogP contribution >= 0.6 is 0 Å². The van der Waals surface area contributed by atoms with E-state index in [1.807, 2.05) is 18.2 Å². The Balaban J connectivity index is 1.70. The zero-order valence-electron chi connectivity index (χ0n) is 13.1. The third-order valence-electron chi connectivity index (χ3n) is 4.39. The Morgan fingerprint density at radius 1 is 1.26 bits per heavy atom. The van der Waals surface area contributed by atoms with Crippen LogP contribution in [0.3, 0.4) is 0 Å². The number of hydrogen-bond donors (Lipinski definition) is 0. The van der Waals surface area contributed by atoms with E-state index in [1.165, 1.54) is 12.7 Å². The molecule has 120 valence electrons. The smallest absolute Gasteiger partial charge is 0.310 e. The van der Waals surface area contributed by atoms with Gasteiger partial charge < -0.3 is 4.74 Å². The third kappa shape index (κ3) is 3.51. The van der Waals surface area contributed by atoms with Crippen LogP contribution in [0.15, 0.2) is 48.5 Å². The third-order valence-corrected chi connectivity index (χ3v) is 4.39. The second-order valence-electron chi connectivity index (χ2n) is 5.89. The Morgan fingerprint density at radius 2 is 2.04 bits per heavy atom. The Kier molecular flexibility index (Phi) is 4.57. The maximum Gasteiger partial charge on any atom is 0.310 e. The van der Waals surface area contributed by atoms with Gasteiger partial charge in [0.25, 0.3) is 0 Å². The molecule has 0 saturated carbocycles. The number of nitrogens with zero attached hydrogens (tertiary/aromatic N) is 2. The lowest BCUT2D eigenvalue weighted by atomic mass is 9.98. The van der Waals surface area contributed by atoms with Crippen LogP contribution in [0.4, 0.5) is 5.69 Å². The number of methoxy groups -OCH3 is 1. The SMILES string of the molecule is COc1cc([C@@H]2CCN(Cc3ccccc3)C2)ccc1[N+](=O)[O-]. The quantitative estimate of drug-likeness (QED) is 0.625. The fourth-order valence-electron chi connectivity index (χ4n) is 3.19. The van der Waals surface area contributed by atoms with Crippen LogP contribution in [0.5, 0.6) is 5.75 Å². The molecule has 5 nitrogen and oxygen atoms in total. The first-order valence-electron chi connectivity index (χ1n) is 7.76. The van der Waals surface area contributed by atoms with Gasteiger partial charge in [0.1, 0.15) is 0 Å². The minimum Gasteiger partial charge on any atom is -0.490 e. The van der Waals surface area contributed by atoms with Crippen molar-refractivity contribution in [3.63, 3.8) is 0 Å². The van der Waals surface area contributed by atoms with Gasteiger partial charge in [-0.05, 0) is 36.1 Å². The molecule has 5 heteroatoms. The molecule has 2 aromatic rings. The summed E-state index contributed by atoms with van der Waals surface area (Å²) in [5, 5.41) is 11.0. The summed E-state index contributed by atoms with van der Waals surface area (Å²) in [4.78, 5) is 13.0. The fourth-order valence-corrected chi connectivity index (χ4v) is 3.19. The summed E-state index contributed by atoms with van der Waals surface area (Å²) in [5.41, 5.74) is 2.45. The number of likely N-dealkylation sites (tertiary alicyclic amines) is 1. The van der Waals surface area contributed by atoms with Crippen LogP contribution < -0.4 is 4.74 Å². The molecule has 1 saturated heterocycles. The van der Waals surface area contributed by atoms with Crippen molar-refractivity contribution in [3.05, 3.63) is 69.8 Å². The highest BCUT2D eigenvalue weighted by Gasteiger charge is 2.26. The molecule has 0 spiro atoms. The first-order valence-corrected chi connectivity index (χ1v) is 7.76. The summed E-state index contributed by atoms with van der Waals surface area (Å²) in [6.45, 7) is 2.95. The summed E-state index contributed by atoms with van der Waals surface area (Å²) in [6, 6.07) is 15.7. The van der Waals surface area contributed by atoms with E-state index in [1.54, 1.807) is 6.07 Å². The van der Waals surface area contributed by atoms with Gasteiger partial charge in [-0.25, -0.2) is 0 Å². The lowest BCUT2D eigenvalue weighted by Crippen LogP contribution is -2.19. The summed E-state index contributed by atoms with van der Waals surface area (Å²) in [5.74, 6) is 0.738. The molecule has 23 heavy (non-hydrogen) atoms. The molecule has 1 fully saturated rings. The van der Waals surface area contributed by atoms with Gasteiger partial charge >= 0.3 is 5.69 Å². The van der Waals surface area contributed by atoms with Crippen molar-refractivity contribution in [2.45, 2.75) is 18.9 Å². The van der Waals surface area contributed by atoms with Gasteiger partial charge in [-0.3, -0.25) is 15.0 Å². The van der Waals surface area contributed by atoms with E-state index >= 15 is 0 Å². The number of ether oxygens (including phenoxy) is 1. The van der Waals surface area contributed by atoms with Gasteiger partial charge in [0, 0.05) is 19.2 Å². The van der Waals surface area contributed by atoms with Gasteiger partial charge in [-0.2, -0.15) is 0 Å². The first-order chi connectivity index (χ1) is 11.2. The van der Waals surface area contributed by atoms with Crippen LogP contribution in [-0.2, 0) is 6.54 Å². The van der Waals surface area contributed by atoms with Gasteiger partial charge in [-0.1, -0.05) is 36.4 Å². The molecule has 0 N–H and O–H groups in total. The monoisotopic (exact) mass is 312 g/mol. The minimum atomic E-state index is -0.404. The van der Waals surface area contributed by atoms with Crippen LogP contribution in [0.1, 0.15) is 23.5 Å². The highest BCUT2D eigenvalue weighted by Crippen LogP contribution is 2.34. The molecular formula is C18H20N2O3. The van der Waals surface area contributed by atoms with E-state index in [0.29, 0.717) is 11.7 Å². The summed E-state index contributed by atoms with van der Waals surface area (Å²) >= 11 is 0. The first kappa shape index (κ1) is 15.5. The lowest BCUT2D eigenvalue weighted by molar-refractivity contribution is -0.385. The average Bonchev–Trinajstić information content (AvgIpc) is 3.03. The minimum absolute atomic E-state index is 0.0235. The van der Waals surface area contributed by atoms with Crippen molar-refractivity contribution >= 4 is 5.69 Å². The number of nitro groups is 1. The normalized spacial score (nSPS) is 18.0. The largest absolute Gasteiger partial charge is 0.490 e. The summed E-state index contributed by atoms with van der Waals surface area (Å²) in [7, 11) is 1.47. The Bertz CT molecular complexity index is 688. The van der Waals surface area contributed by atoms with E-state index in [0.717, 1.165) is 31.6 Å². The highest BCUT2D eigenvalue weighted by atomic mass is 16.6. The van der Waals surface area contributed by atoms with Gasteiger partial charge in [0.05, 0.1) is 12.0 Å². The topological polar surface area (TPSA) is 55.6 Å². The molecule has 0 aromatic heterocycles. The van der Waals surface area contributed by atoms with Gasteiger partial charge in [0.15, 0.2) is 5.75 Å². The second kappa shape index (κ2) is 6.79. The lowest BCUT2D eigenvalue weighted by Gasteiger charge is -2.16. The molecule has 2 aromatic carbocycles. The number of nitro benzene ring substituents is 1. The maximum atomic E-state index is 11.0. The van der Waals surface area contributed by atoms with Crippen molar-refractivity contribution in [3.8, 4) is 5.75 Å². The molecular weight excluding hydrogens is 292 g/mol. The molecule has 1 aliphatic heterocycles. The van der Waals surface area contributed by atoms with Crippen molar-refractivity contribution in [2.75, 3.05) is 20.2 Å². The molecule has 3 rings (SSSR count). The predicted octanol–water partition coefficient (Wildman–Crippen LogP) is 3.59. The average molecular weight is 312 g/mol. The van der Waals surface area contributed by atoms with Crippen LogP contribution in [0, 0.1) is 10.1 Å². The molecule has 0 bridgehead atoms. The fraction of sp³-hybridized carbons (Fsp3) is 0.333. The molecule has 0 radical (unpaired) electrons. The molecule has 0 unspecified atom stereocenters. The molecule has 0 aliphatic carbocycles. The standard InChI is InChI=1S/C18H20N2O3/c1-23-18-11-15(7-8-17(18)20(21)22)16-9-10-19(13-16)12-14-5-3-2-4-6-14/h2-8,11,16H,9-10,12-13H2,1H3/t16-/m1/s1. The Labute approximate surface area is 135 Å². The second-order valence-corrected chi connectivity index (χ2v) is 5.89. The molecule has 1 heterocycles. The van der Waals surface area contributed by atoms with Gasteiger partial charge in [0.2, 0.25) is 0 Å². The Hall–Kier alpha value is -2.40. The molecule has 1 atom stereocenters. The van der Waals surface area contributed by atoms with Gasteiger partial charge in [-0.15, -0.1) is 0 Å². The van der Waals surface area contributed by atoms with E-state index in [2.05, 4.69) is 29.2 Å². The van der Waals surface area contributed by atoms with Crippen molar-refractivity contribution in [2.24, 2.45) is 0 Å². The zero-order valence-corrected chi connectivity index (χ0v) is 13.1. The van der Waals surface area contributed by atoms with Crippen LogP contribution in [0.25, 0.3) is 0 Å². The number of benzene rings is 2. The summed E-state index contributed by atoms with van der Waals surface area (Å²) < 4.78 is 5.17. The predicted molar refractivity (Wildman–Crippen MR) is 88.7 cm³/mol. The number of hydrogen-bond acceptors (Lipinski definition) is 4. The van der Waals surface area contributed by atoms with Crippen LogP contribution in [0.2, 0.25) is 0 Å². The summed E-state index contributed by atoms with van der Waals surface area (Å²) in [6.07, 6.45) is 1.06. The number of rotatable bonds is 5. The van der Waals surface area contributed by atoms with E-state index < -0.39 is 4.92 Å². The molecule has 1 aliphatic rings. The van der Waals surface area contributed by atoms with Crippen molar-refractivity contribution in [1.82, 2.24) is 4.90 Å². The van der Waals surface area contributed by atoms with Crippen molar-refractivity contribution < 1.29 is 9.66 Å². The highest BCUT2D eigenvalue weighted by molar-refractivity contribution is 5.49. The maximum absolute atomic E-state index is 11.0. The van der Waals surface area contributed by atoms with Crippen LogP contribution in [-0.4, -0.2) is 30.0 Å². The zero-order chi connectivity index (χ0) is 16.2. The van der Waals surface area contributed by atoms with E-state index in [9.17, 15) is 10.1 Å².